The van der Waals surface area contributed by atoms with Gasteiger partial charge in [0.05, 0.1) is 18.4 Å². The first kappa shape index (κ1) is 30.3. The van der Waals surface area contributed by atoms with Gasteiger partial charge >= 0.3 is 18.2 Å². The fourth-order valence-corrected chi connectivity index (χ4v) is 3.65. The highest BCUT2D eigenvalue weighted by atomic mass is 32.2. The molecular weight excluding hydrogens is 489 g/mol. The molecule has 0 saturated carbocycles. The van der Waals surface area contributed by atoms with Crippen LogP contribution in [0, 0.1) is 5.92 Å². The third kappa shape index (κ3) is 10.6. The number of nitrogens with one attached hydrogen (secondary N) is 2. The maximum absolute atomic E-state index is 12.9. The van der Waals surface area contributed by atoms with Crippen molar-refractivity contribution >= 4 is 35.5 Å². The van der Waals surface area contributed by atoms with Crippen molar-refractivity contribution < 1.29 is 41.8 Å². The van der Waals surface area contributed by atoms with Gasteiger partial charge in [0.1, 0.15) is 17.7 Å². The minimum atomic E-state index is -4.51. The Kier molecular flexibility index (Phi) is 11.1. The molecule has 0 spiro atoms. The number of rotatable bonds is 10. The van der Waals surface area contributed by atoms with Crippen molar-refractivity contribution in [2.24, 2.45) is 5.92 Å². The summed E-state index contributed by atoms with van der Waals surface area (Å²) in [5, 5.41) is 4.97. The molecule has 0 aromatic heterocycles. The van der Waals surface area contributed by atoms with E-state index in [4.69, 9.17) is 9.47 Å². The molecule has 0 aliphatic heterocycles. The fraction of sp³-hybridized carbons (Fsp3) is 0.565. The van der Waals surface area contributed by atoms with E-state index in [9.17, 15) is 32.3 Å². The van der Waals surface area contributed by atoms with Crippen LogP contribution in [0.5, 0.6) is 0 Å². The van der Waals surface area contributed by atoms with Crippen LogP contribution in [0.1, 0.15) is 50.5 Å². The lowest BCUT2D eigenvalue weighted by Gasteiger charge is -2.25. The number of amides is 2. The summed E-state index contributed by atoms with van der Waals surface area (Å²) in [5.41, 5.74) is -1.62. The molecule has 0 aliphatic rings. The first-order chi connectivity index (χ1) is 16.0. The smallest absolute Gasteiger partial charge is 0.416 e. The third-order valence-corrected chi connectivity index (χ3v) is 5.51. The molecular formula is C23H31F3N2O6S. The molecule has 1 rings (SSSR count). The highest BCUT2D eigenvalue weighted by Crippen LogP contribution is 2.29. The van der Waals surface area contributed by atoms with Crippen LogP contribution in [0.3, 0.4) is 0 Å². The molecule has 35 heavy (non-hydrogen) atoms. The maximum atomic E-state index is 12.9. The number of halogens is 3. The fourth-order valence-electron chi connectivity index (χ4n) is 2.71. The van der Waals surface area contributed by atoms with Crippen LogP contribution >= 0.6 is 11.8 Å². The average molecular weight is 521 g/mol. The van der Waals surface area contributed by atoms with E-state index >= 15 is 0 Å². The Balaban J connectivity index is 2.89. The van der Waals surface area contributed by atoms with Crippen molar-refractivity contribution in [2.45, 2.75) is 58.5 Å². The Morgan fingerprint density at radius 1 is 1.00 bits per heavy atom. The van der Waals surface area contributed by atoms with E-state index in [1.165, 1.54) is 7.11 Å². The number of alkyl halides is 3. The lowest BCUT2D eigenvalue weighted by Crippen LogP contribution is -2.54. The molecule has 0 unspecified atom stereocenters. The number of hydrogen-bond donors (Lipinski definition) is 2. The highest BCUT2D eigenvalue weighted by molar-refractivity contribution is 8.00. The van der Waals surface area contributed by atoms with Gasteiger partial charge in [0.25, 0.3) is 0 Å². The van der Waals surface area contributed by atoms with Gasteiger partial charge in [-0.05, 0) is 38.8 Å². The number of hydrogen-bond acceptors (Lipinski definition) is 7. The first-order valence-corrected chi connectivity index (χ1v) is 11.9. The maximum Gasteiger partial charge on any atom is 0.416 e. The zero-order valence-corrected chi connectivity index (χ0v) is 21.3. The molecule has 2 N–H and O–H groups in total. The number of esters is 1. The summed E-state index contributed by atoms with van der Waals surface area (Å²) in [7, 11) is 1.18. The largest absolute Gasteiger partial charge is 0.467 e. The SMILES string of the molecule is COC(=O)[C@@H](NC(=O)[C@H](CSCC(=O)c1ccc(C(F)(F)F)cc1)NC(=O)OC(C)(C)C)C(C)C. The van der Waals surface area contributed by atoms with E-state index < -0.39 is 53.2 Å². The molecule has 2 atom stereocenters. The minimum absolute atomic E-state index is 0.0660. The number of alkyl carbamates (subject to hydrolysis) is 1. The van der Waals surface area contributed by atoms with Crippen molar-refractivity contribution in [2.75, 3.05) is 18.6 Å². The van der Waals surface area contributed by atoms with E-state index in [0.29, 0.717) is 0 Å². The van der Waals surface area contributed by atoms with E-state index in [1.54, 1.807) is 34.6 Å². The van der Waals surface area contributed by atoms with E-state index in [0.717, 1.165) is 36.0 Å². The van der Waals surface area contributed by atoms with Gasteiger partial charge in [-0.2, -0.15) is 24.9 Å². The molecule has 0 saturated heterocycles. The molecule has 0 heterocycles. The predicted molar refractivity (Wildman–Crippen MR) is 125 cm³/mol. The molecule has 196 valence electrons. The third-order valence-electron chi connectivity index (χ3n) is 4.48. The van der Waals surface area contributed by atoms with Crippen LogP contribution in [0.4, 0.5) is 18.0 Å². The summed E-state index contributed by atoms with van der Waals surface area (Å²) in [6, 6.07) is 1.67. The van der Waals surface area contributed by atoms with Crippen LogP contribution in [-0.2, 0) is 25.2 Å². The second-order valence-corrected chi connectivity index (χ2v) is 10.00. The van der Waals surface area contributed by atoms with Gasteiger partial charge in [-0.1, -0.05) is 26.0 Å². The Hall–Kier alpha value is -2.76. The highest BCUT2D eigenvalue weighted by Gasteiger charge is 2.31. The summed E-state index contributed by atoms with van der Waals surface area (Å²) in [4.78, 5) is 49.5. The molecule has 0 fully saturated rings. The van der Waals surface area contributed by atoms with Crippen molar-refractivity contribution in [3.8, 4) is 0 Å². The quantitative estimate of drug-likeness (QED) is 0.356. The lowest BCUT2D eigenvalue weighted by molar-refractivity contribution is -0.146. The van der Waals surface area contributed by atoms with E-state index in [-0.39, 0.29) is 23.0 Å². The molecule has 0 bridgehead atoms. The number of carbonyl (C=O) groups excluding carboxylic acids is 4. The monoisotopic (exact) mass is 520 g/mol. The summed E-state index contributed by atoms with van der Waals surface area (Å²) >= 11 is 0.993. The molecule has 1 aromatic carbocycles. The van der Waals surface area contributed by atoms with Gasteiger partial charge in [0.2, 0.25) is 5.91 Å². The predicted octanol–water partition coefficient (Wildman–Crippen LogP) is 3.83. The number of benzene rings is 1. The van der Waals surface area contributed by atoms with Crippen LogP contribution in [-0.4, -0.2) is 60.1 Å². The molecule has 0 radical (unpaired) electrons. The van der Waals surface area contributed by atoms with Gasteiger partial charge in [-0.3, -0.25) is 9.59 Å². The van der Waals surface area contributed by atoms with Gasteiger partial charge in [0.15, 0.2) is 5.78 Å². The zero-order chi connectivity index (χ0) is 27.0. The van der Waals surface area contributed by atoms with Crippen LogP contribution in [0.2, 0.25) is 0 Å². The zero-order valence-electron chi connectivity index (χ0n) is 20.4. The van der Waals surface area contributed by atoms with Crippen LogP contribution in [0.25, 0.3) is 0 Å². The Labute approximate surface area is 206 Å². The number of ether oxygens (including phenoxy) is 2. The number of thioether (sulfide) groups is 1. The van der Waals surface area contributed by atoms with Gasteiger partial charge < -0.3 is 20.1 Å². The Morgan fingerprint density at radius 3 is 2.03 bits per heavy atom. The van der Waals surface area contributed by atoms with Gasteiger partial charge in [0, 0.05) is 11.3 Å². The number of carbonyl (C=O) groups is 4. The second-order valence-electron chi connectivity index (χ2n) is 8.97. The van der Waals surface area contributed by atoms with Crippen molar-refractivity contribution in [1.82, 2.24) is 10.6 Å². The standard InChI is InChI=1S/C23H31F3N2O6S/c1-13(2)18(20(31)33-6)28-19(30)16(27-21(32)34-22(3,4)5)11-35-12-17(29)14-7-9-15(10-8-14)23(24,25)26/h7-10,13,16,18H,11-12H2,1-6H3,(H,27,32)(H,28,30)/t16-,18-/m0/s1. The minimum Gasteiger partial charge on any atom is -0.467 e. The van der Waals surface area contributed by atoms with E-state index in [2.05, 4.69) is 10.6 Å². The molecule has 0 aliphatic carbocycles. The van der Waals surface area contributed by atoms with Gasteiger partial charge in [-0.25, -0.2) is 9.59 Å². The first-order valence-electron chi connectivity index (χ1n) is 10.7. The van der Waals surface area contributed by atoms with Crippen LogP contribution in [0.15, 0.2) is 24.3 Å². The second kappa shape index (κ2) is 12.8. The van der Waals surface area contributed by atoms with Crippen LogP contribution < -0.4 is 10.6 Å². The number of methoxy groups -OCH3 is 1. The van der Waals surface area contributed by atoms with Gasteiger partial charge in [-0.15, -0.1) is 0 Å². The van der Waals surface area contributed by atoms with Crippen molar-refractivity contribution in [1.29, 1.82) is 0 Å². The molecule has 2 amide bonds. The Bertz CT molecular complexity index is 898. The number of ketones is 1. The molecule has 12 heteroatoms. The Morgan fingerprint density at radius 2 is 1.57 bits per heavy atom. The number of Topliss-reactive ketones (excluding diaryl/α,β-unsaturated/α-hetero) is 1. The summed E-state index contributed by atoms with van der Waals surface area (Å²) in [6.45, 7) is 8.34. The molecule has 8 nitrogen and oxygen atoms in total. The summed E-state index contributed by atoms with van der Waals surface area (Å²) in [5.74, 6) is -2.32. The average Bonchev–Trinajstić information content (AvgIpc) is 2.73. The summed E-state index contributed by atoms with van der Waals surface area (Å²) < 4.78 is 48.0. The lowest BCUT2D eigenvalue weighted by atomic mass is 10.0. The van der Waals surface area contributed by atoms with Crippen molar-refractivity contribution in [3.63, 3.8) is 0 Å². The topological polar surface area (TPSA) is 111 Å². The summed E-state index contributed by atoms with van der Waals surface area (Å²) in [6.07, 6.45) is -5.38. The van der Waals surface area contributed by atoms with E-state index in [1.807, 2.05) is 0 Å². The van der Waals surface area contributed by atoms with Crippen molar-refractivity contribution in [3.05, 3.63) is 35.4 Å². The normalized spacial score (nSPS) is 13.5. The molecule has 1 aromatic rings.